The van der Waals surface area contributed by atoms with Crippen LogP contribution in [0.3, 0.4) is 0 Å². The molecule has 3 N–H and O–H groups in total. The van der Waals surface area contributed by atoms with Gasteiger partial charge in [0.1, 0.15) is 0 Å². The molecular formula is C16H38N2O3S3Si. The van der Waals surface area contributed by atoms with E-state index in [9.17, 15) is 0 Å². The molecule has 0 heterocycles. The third kappa shape index (κ3) is 13.8. The van der Waals surface area contributed by atoms with E-state index in [0.29, 0.717) is 19.8 Å². The molecule has 25 heavy (non-hydrogen) atoms. The van der Waals surface area contributed by atoms with Crippen molar-refractivity contribution in [2.24, 2.45) is 5.14 Å². The molecule has 9 heteroatoms. The zero-order chi connectivity index (χ0) is 18.8. The van der Waals surface area contributed by atoms with Gasteiger partial charge in [0.15, 0.2) is 0 Å². The molecule has 152 valence electrons. The molecule has 1 aliphatic rings. The standard InChI is InChI=1S/C9H23NO3S3Si.C7H15N/c1-4-11-17(12-5-2,13-6-3)9-7-8-14-16-15-10;1-8-7-5-3-2-4-6-7/h4-10H2,1-3H3;7-8H,2-6H2,1H3. The van der Waals surface area contributed by atoms with Crippen molar-refractivity contribution in [2.45, 2.75) is 71.4 Å². The highest BCUT2D eigenvalue weighted by molar-refractivity contribution is 9.09. The molecular weight excluding hydrogens is 392 g/mol. The molecule has 1 fully saturated rings. The van der Waals surface area contributed by atoms with E-state index in [0.717, 1.165) is 24.3 Å². The van der Waals surface area contributed by atoms with Crippen LogP contribution in [0.4, 0.5) is 0 Å². The first-order chi connectivity index (χ1) is 12.2. The van der Waals surface area contributed by atoms with E-state index >= 15 is 0 Å². The molecule has 1 rings (SSSR count). The monoisotopic (exact) mass is 430 g/mol. The van der Waals surface area contributed by atoms with E-state index in [-0.39, 0.29) is 0 Å². The van der Waals surface area contributed by atoms with Gasteiger partial charge in [-0.2, -0.15) is 0 Å². The molecule has 0 aliphatic heterocycles. The van der Waals surface area contributed by atoms with Crippen molar-refractivity contribution in [1.82, 2.24) is 5.32 Å². The highest BCUT2D eigenvalue weighted by Crippen LogP contribution is 2.31. The van der Waals surface area contributed by atoms with Gasteiger partial charge < -0.3 is 18.6 Å². The third-order valence-electron chi connectivity index (χ3n) is 3.90. The Kier molecular flexibility index (Phi) is 19.2. The zero-order valence-corrected chi connectivity index (χ0v) is 19.8. The van der Waals surface area contributed by atoms with Gasteiger partial charge in [-0.1, -0.05) is 30.1 Å². The molecule has 0 atom stereocenters. The molecule has 0 unspecified atom stereocenters. The smallest absolute Gasteiger partial charge is 0.374 e. The van der Waals surface area contributed by atoms with Crippen LogP contribution in [0.25, 0.3) is 0 Å². The first kappa shape index (κ1) is 26.1. The zero-order valence-electron chi connectivity index (χ0n) is 16.4. The maximum Gasteiger partial charge on any atom is 0.500 e. The first-order valence-electron chi connectivity index (χ1n) is 9.42. The van der Waals surface area contributed by atoms with Gasteiger partial charge in [0.2, 0.25) is 0 Å². The second-order valence-corrected chi connectivity index (χ2v) is 12.3. The summed E-state index contributed by atoms with van der Waals surface area (Å²) in [4.78, 5) is 0. The molecule has 5 nitrogen and oxygen atoms in total. The Bertz CT molecular complexity index is 272. The van der Waals surface area contributed by atoms with E-state index in [1.807, 2.05) is 20.8 Å². The van der Waals surface area contributed by atoms with E-state index in [1.54, 1.807) is 20.6 Å². The molecule has 0 bridgehead atoms. The topological polar surface area (TPSA) is 65.7 Å². The van der Waals surface area contributed by atoms with Crippen molar-refractivity contribution in [3.63, 3.8) is 0 Å². The van der Waals surface area contributed by atoms with Crippen LogP contribution in [0.15, 0.2) is 0 Å². The molecule has 0 spiro atoms. The van der Waals surface area contributed by atoms with Gasteiger partial charge in [-0.25, -0.2) is 0 Å². The highest BCUT2D eigenvalue weighted by Gasteiger charge is 2.39. The van der Waals surface area contributed by atoms with Crippen molar-refractivity contribution < 1.29 is 13.3 Å². The predicted octanol–water partition coefficient (Wildman–Crippen LogP) is 4.87. The van der Waals surface area contributed by atoms with Crippen LogP contribution in [0.5, 0.6) is 0 Å². The van der Waals surface area contributed by atoms with Crippen LogP contribution in [-0.2, 0) is 13.3 Å². The number of hydrogen-bond donors (Lipinski definition) is 2. The molecule has 0 aromatic heterocycles. The third-order valence-corrected chi connectivity index (χ3v) is 10.3. The van der Waals surface area contributed by atoms with Crippen LogP contribution in [-0.4, -0.2) is 47.5 Å². The summed E-state index contributed by atoms with van der Waals surface area (Å²) in [6.07, 6.45) is 8.16. The minimum Gasteiger partial charge on any atom is -0.374 e. The summed E-state index contributed by atoms with van der Waals surface area (Å²) in [5.74, 6) is 1.04. The summed E-state index contributed by atoms with van der Waals surface area (Å²) in [6.45, 7) is 7.88. The van der Waals surface area contributed by atoms with Crippen LogP contribution >= 0.6 is 31.6 Å². The lowest BCUT2D eigenvalue weighted by Crippen LogP contribution is -2.46. The van der Waals surface area contributed by atoms with Crippen LogP contribution in [0.2, 0.25) is 6.04 Å². The van der Waals surface area contributed by atoms with Crippen LogP contribution in [0.1, 0.15) is 59.3 Å². The van der Waals surface area contributed by atoms with Crippen molar-refractivity contribution in [2.75, 3.05) is 32.6 Å². The second kappa shape index (κ2) is 18.4. The molecule has 1 saturated carbocycles. The Labute approximate surface area is 167 Å². The van der Waals surface area contributed by atoms with E-state index < -0.39 is 8.80 Å². The average Bonchev–Trinajstić information content (AvgIpc) is 2.63. The van der Waals surface area contributed by atoms with Crippen molar-refractivity contribution in [3.05, 3.63) is 0 Å². The summed E-state index contributed by atoms with van der Waals surface area (Å²) < 4.78 is 17.3. The highest BCUT2D eigenvalue weighted by atomic mass is 33.5. The lowest BCUT2D eigenvalue weighted by Gasteiger charge is -2.28. The maximum absolute atomic E-state index is 5.77. The van der Waals surface area contributed by atoms with E-state index in [2.05, 4.69) is 12.4 Å². The van der Waals surface area contributed by atoms with Crippen molar-refractivity contribution in [3.8, 4) is 0 Å². The minimum absolute atomic E-state index is 0.646. The largest absolute Gasteiger partial charge is 0.500 e. The summed E-state index contributed by atoms with van der Waals surface area (Å²) in [5.41, 5.74) is 0. The van der Waals surface area contributed by atoms with E-state index in [4.69, 9.17) is 18.4 Å². The molecule has 0 radical (unpaired) electrons. The molecule has 0 saturated heterocycles. The minimum atomic E-state index is -2.42. The fourth-order valence-corrected chi connectivity index (χ4v) is 7.89. The summed E-state index contributed by atoms with van der Waals surface area (Å²) >= 11 is 0. The fourth-order valence-electron chi connectivity index (χ4n) is 2.80. The predicted molar refractivity (Wildman–Crippen MR) is 118 cm³/mol. The van der Waals surface area contributed by atoms with Gasteiger partial charge in [0.25, 0.3) is 0 Å². The number of nitrogens with two attached hydrogens (primary N) is 1. The number of nitrogens with one attached hydrogen (secondary N) is 1. The fraction of sp³-hybridized carbons (Fsp3) is 1.00. The van der Waals surface area contributed by atoms with Gasteiger partial charge in [-0.15, -0.1) is 0 Å². The second-order valence-electron chi connectivity index (χ2n) is 5.70. The maximum atomic E-state index is 5.77. The Morgan fingerprint density at radius 1 is 1.00 bits per heavy atom. The SMILES string of the molecule is CCO[Si](CCCSSSN)(OCC)OCC.CNC1CCCCC1. The van der Waals surface area contributed by atoms with E-state index in [1.165, 1.54) is 43.1 Å². The quantitative estimate of drug-likeness (QED) is 0.186. The van der Waals surface area contributed by atoms with Gasteiger partial charge in [0, 0.05) is 37.7 Å². The van der Waals surface area contributed by atoms with Crippen LogP contribution < -0.4 is 10.5 Å². The summed E-state index contributed by atoms with van der Waals surface area (Å²) in [6, 6.07) is 1.72. The molecule has 0 aromatic rings. The van der Waals surface area contributed by atoms with Gasteiger partial charge in [-0.3, -0.25) is 5.14 Å². The molecule has 1 aliphatic carbocycles. The lowest BCUT2D eigenvalue weighted by atomic mass is 9.96. The van der Waals surface area contributed by atoms with Crippen LogP contribution in [0, 0.1) is 0 Å². The Morgan fingerprint density at radius 3 is 1.96 bits per heavy atom. The Hall–Kier alpha value is 1.07. The van der Waals surface area contributed by atoms with Crippen molar-refractivity contribution in [1.29, 1.82) is 0 Å². The number of hydrogen-bond acceptors (Lipinski definition) is 8. The van der Waals surface area contributed by atoms with Crippen molar-refractivity contribution >= 4 is 40.4 Å². The lowest BCUT2D eigenvalue weighted by molar-refractivity contribution is 0.0712. The number of rotatable bonds is 13. The average molecular weight is 431 g/mol. The van der Waals surface area contributed by atoms with Gasteiger partial charge >= 0.3 is 8.80 Å². The molecule has 0 amide bonds. The summed E-state index contributed by atoms with van der Waals surface area (Å²) in [7, 11) is 4.30. The Morgan fingerprint density at radius 2 is 1.56 bits per heavy atom. The Balaban J connectivity index is 0.000000593. The normalized spacial score (nSPS) is 15.7. The molecule has 0 aromatic carbocycles. The van der Waals surface area contributed by atoms with Gasteiger partial charge in [0.05, 0.1) is 0 Å². The van der Waals surface area contributed by atoms with Gasteiger partial charge in [-0.05, 0) is 67.9 Å². The first-order valence-corrected chi connectivity index (χ1v) is 15.1. The summed E-state index contributed by atoms with van der Waals surface area (Å²) in [5, 5.41) is 8.64.